The SMILES string of the molecule is COCc1cc(C(=O)NC2(c3nc4cc(CN5CC(F)C5)cc(C#N)c4o3)C=CC=C(c3ccccc3C)C2Cl)ncc1CN[C@@H]1CCC[C@@H]1O. The Bertz CT molecular complexity index is 2050. The van der Waals surface area contributed by atoms with Gasteiger partial charge in [-0.25, -0.2) is 9.37 Å². The van der Waals surface area contributed by atoms with Crippen molar-refractivity contribution in [3.05, 3.63) is 112 Å². The summed E-state index contributed by atoms with van der Waals surface area (Å²) in [6.07, 6.45) is 8.55. The molecule has 4 atom stereocenters. The third kappa shape index (κ3) is 6.95. The summed E-state index contributed by atoms with van der Waals surface area (Å²) < 4.78 is 25.4. The Morgan fingerprint density at radius 2 is 2.06 bits per heavy atom. The maximum absolute atomic E-state index is 14.3. The smallest absolute Gasteiger partial charge is 0.271 e. The summed E-state index contributed by atoms with van der Waals surface area (Å²) in [6.45, 7) is 3.86. The molecule has 12 heteroatoms. The summed E-state index contributed by atoms with van der Waals surface area (Å²) >= 11 is 7.43. The molecule has 51 heavy (non-hydrogen) atoms. The number of aromatic nitrogens is 2. The molecule has 2 aliphatic carbocycles. The van der Waals surface area contributed by atoms with Gasteiger partial charge in [-0.3, -0.25) is 14.7 Å². The number of oxazole rings is 1. The lowest BCUT2D eigenvalue weighted by atomic mass is 9.81. The van der Waals surface area contributed by atoms with Gasteiger partial charge in [0.25, 0.3) is 5.91 Å². The normalized spacial score (nSPS) is 23.6. The Balaban J connectivity index is 1.26. The summed E-state index contributed by atoms with van der Waals surface area (Å²) in [6, 6.07) is 15.3. The number of methoxy groups -OCH3 is 1. The number of fused-ring (bicyclic) bond motifs is 1. The highest BCUT2D eigenvalue weighted by molar-refractivity contribution is 6.28. The number of allylic oxidation sites excluding steroid dienone is 2. The molecule has 2 fully saturated rings. The summed E-state index contributed by atoms with van der Waals surface area (Å²) in [5.41, 5.74) is 4.74. The molecule has 3 heterocycles. The lowest BCUT2D eigenvalue weighted by Crippen LogP contribution is -2.52. The number of carbonyl (C=O) groups excluding carboxylic acids is 1. The average Bonchev–Trinajstić information content (AvgIpc) is 3.74. The van der Waals surface area contributed by atoms with E-state index in [1.165, 1.54) is 0 Å². The van der Waals surface area contributed by atoms with E-state index in [1.807, 2.05) is 54.3 Å². The first kappa shape index (κ1) is 35.0. The van der Waals surface area contributed by atoms with Crippen molar-refractivity contribution in [2.75, 3.05) is 20.2 Å². The monoisotopic (exact) mass is 710 g/mol. The van der Waals surface area contributed by atoms with Crippen molar-refractivity contribution in [3.8, 4) is 6.07 Å². The van der Waals surface area contributed by atoms with Gasteiger partial charge in [-0.15, -0.1) is 11.6 Å². The van der Waals surface area contributed by atoms with E-state index < -0.39 is 23.0 Å². The fourth-order valence-electron chi connectivity index (χ4n) is 7.29. The van der Waals surface area contributed by atoms with Crippen LogP contribution in [0.2, 0.25) is 0 Å². The third-order valence-corrected chi connectivity index (χ3v) is 10.7. The average molecular weight is 711 g/mol. The van der Waals surface area contributed by atoms with Gasteiger partial charge in [-0.2, -0.15) is 5.26 Å². The fourth-order valence-corrected chi connectivity index (χ4v) is 7.70. The molecule has 4 aromatic rings. The first-order valence-electron chi connectivity index (χ1n) is 17.2. The van der Waals surface area contributed by atoms with Crippen LogP contribution in [0.5, 0.6) is 0 Å². The van der Waals surface area contributed by atoms with E-state index in [4.69, 9.17) is 25.7 Å². The van der Waals surface area contributed by atoms with Gasteiger partial charge >= 0.3 is 0 Å². The number of aryl methyl sites for hydroxylation is 1. The maximum atomic E-state index is 14.3. The van der Waals surface area contributed by atoms with Crippen molar-refractivity contribution in [1.29, 1.82) is 5.26 Å². The first-order valence-corrected chi connectivity index (χ1v) is 17.6. The molecule has 2 unspecified atom stereocenters. The number of nitrogens with zero attached hydrogens (tertiary/aromatic N) is 4. The lowest BCUT2D eigenvalue weighted by Gasteiger charge is -2.36. The molecule has 0 radical (unpaired) electrons. The van der Waals surface area contributed by atoms with Gasteiger partial charge in [-0.1, -0.05) is 36.4 Å². The highest BCUT2D eigenvalue weighted by Crippen LogP contribution is 2.43. The molecule has 1 aliphatic heterocycles. The van der Waals surface area contributed by atoms with Crippen LogP contribution in [-0.2, 0) is 30.0 Å². The van der Waals surface area contributed by atoms with Crippen LogP contribution in [0.25, 0.3) is 16.7 Å². The zero-order valence-corrected chi connectivity index (χ0v) is 29.3. The predicted molar refractivity (Wildman–Crippen MR) is 191 cm³/mol. The molecule has 0 spiro atoms. The first-order chi connectivity index (χ1) is 24.7. The number of nitrogens with one attached hydrogen (secondary N) is 2. The van der Waals surface area contributed by atoms with E-state index in [-0.39, 0.29) is 41.5 Å². The second-order valence-corrected chi connectivity index (χ2v) is 14.1. The number of hydrogen-bond donors (Lipinski definition) is 3. The van der Waals surface area contributed by atoms with Crippen molar-refractivity contribution < 1.29 is 23.4 Å². The topological polar surface area (TPSA) is 137 Å². The van der Waals surface area contributed by atoms with Gasteiger partial charge in [0.05, 0.1) is 23.7 Å². The van der Waals surface area contributed by atoms with Gasteiger partial charge in [0.15, 0.2) is 11.1 Å². The van der Waals surface area contributed by atoms with Gasteiger partial charge in [0.1, 0.15) is 23.5 Å². The Hall–Kier alpha value is -4.44. The summed E-state index contributed by atoms with van der Waals surface area (Å²) in [7, 11) is 1.59. The van der Waals surface area contributed by atoms with Crippen molar-refractivity contribution in [2.45, 2.75) is 75.1 Å². The maximum Gasteiger partial charge on any atom is 0.271 e. The number of benzene rings is 2. The number of aliphatic hydroxyl groups is 1. The van der Waals surface area contributed by atoms with Crippen LogP contribution in [0.4, 0.5) is 4.39 Å². The van der Waals surface area contributed by atoms with Crippen LogP contribution in [0.1, 0.15) is 69.0 Å². The molecule has 1 saturated heterocycles. The number of amides is 1. The number of pyridine rings is 1. The zero-order valence-electron chi connectivity index (χ0n) is 28.5. The zero-order chi connectivity index (χ0) is 35.7. The van der Waals surface area contributed by atoms with Crippen LogP contribution >= 0.6 is 11.6 Å². The summed E-state index contributed by atoms with van der Waals surface area (Å²) in [5.74, 6) is -0.405. The number of hydrogen-bond acceptors (Lipinski definition) is 9. The van der Waals surface area contributed by atoms with Gasteiger partial charge in [0.2, 0.25) is 5.89 Å². The molecule has 10 nitrogen and oxygen atoms in total. The standard InChI is InChI=1S/C39H40ClFN6O4/c1-23-7-3-4-8-29(23)30-9-6-12-39(36(30)40,38-45-32-14-24(19-47-20-28(41)21-47)13-25(16-42)35(32)51-38)46-37(49)33-15-26(22-50-2)27(18-44-33)17-43-31-10-5-11-34(31)48/h3-4,6-9,12-15,18,28,31,34,36,43,48H,5,10-11,17,19-22H2,1-2H3,(H,46,49)/t31-,34+,36?,39?/m1/s1. The Labute approximate surface area is 301 Å². The van der Waals surface area contributed by atoms with Crippen LogP contribution in [0, 0.1) is 18.3 Å². The van der Waals surface area contributed by atoms with Crippen LogP contribution in [0.15, 0.2) is 71.3 Å². The quantitative estimate of drug-likeness (QED) is 0.170. The predicted octanol–water partition coefficient (Wildman–Crippen LogP) is 5.59. The molecule has 3 aliphatic rings. The molecule has 264 valence electrons. The molecule has 1 saturated carbocycles. The number of aliphatic hydroxyl groups excluding tert-OH is 1. The van der Waals surface area contributed by atoms with Crippen LogP contribution < -0.4 is 10.6 Å². The highest BCUT2D eigenvalue weighted by Gasteiger charge is 2.47. The van der Waals surface area contributed by atoms with Crippen molar-refractivity contribution in [1.82, 2.24) is 25.5 Å². The molecule has 3 N–H and O–H groups in total. The van der Waals surface area contributed by atoms with Crippen molar-refractivity contribution >= 4 is 34.2 Å². The van der Waals surface area contributed by atoms with Crippen LogP contribution in [0.3, 0.4) is 0 Å². The summed E-state index contributed by atoms with van der Waals surface area (Å²) in [4.78, 5) is 25.6. The molecular weight excluding hydrogens is 671 g/mol. The largest absolute Gasteiger partial charge is 0.436 e. The van der Waals surface area contributed by atoms with Gasteiger partial charge in [-0.05, 0) is 83.9 Å². The lowest BCUT2D eigenvalue weighted by molar-refractivity contribution is 0.0591. The highest BCUT2D eigenvalue weighted by atomic mass is 35.5. The van der Waals surface area contributed by atoms with Crippen molar-refractivity contribution in [3.63, 3.8) is 0 Å². The number of nitriles is 1. The third-order valence-electron chi connectivity index (χ3n) is 10.1. The van der Waals surface area contributed by atoms with E-state index in [9.17, 15) is 19.6 Å². The molecular formula is C39H40ClFN6O4. The second kappa shape index (κ2) is 14.7. The van der Waals surface area contributed by atoms with Gasteiger partial charge in [0, 0.05) is 45.5 Å². The van der Waals surface area contributed by atoms with Gasteiger partial charge < -0.3 is 24.9 Å². The molecule has 2 aromatic carbocycles. The van der Waals surface area contributed by atoms with E-state index in [2.05, 4.69) is 21.7 Å². The minimum atomic E-state index is -1.49. The minimum Gasteiger partial charge on any atom is -0.436 e. The van der Waals surface area contributed by atoms with E-state index in [0.717, 1.165) is 52.7 Å². The molecule has 2 aromatic heterocycles. The number of halogens is 2. The Kier molecular flexibility index (Phi) is 10.1. The second-order valence-electron chi connectivity index (χ2n) is 13.7. The van der Waals surface area contributed by atoms with E-state index in [1.54, 1.807) is 31.5 Å². The fraction of sp³-hybridized carbons (Fsp3) is 0.385. The molecule has 7 rings (SSSR count). The van der Waals surface area contributed by atoms with E-state index in [0.29, 0.717) is 31.7 Å². The van der Waals surface area contributed by atoms with E-state index >= 15 is 0 Å². The van der Waals surface area contributed by atoms with Crippen LogP contribution in [-0.4, -0.2) is 69.8 Å². The van der Waals surface area contributed by atoms with Crippen molar-refractivity contribution in [2.24, 2.45) is 0 Å². The molecule has 1 amide bonds. The Morgan fingerprint density at radius 1 is 1.24 bits per heavy atom. The minimum absolute atomic E-state index is 0.00428. The number of alkyl halides is 2. The number of ether oxygens (including phenoxy) is 1. The number of carbonyl (C=O) groups is 1. The summed E-state index contributed by atoms with van der Waals surface area (Å²) in [5, 5.41) is 26.1. The number of rotatable bonds is 11. The Morgan fingerprint density at radius 3 is 2.78 bits per heavy atom. The molecule has 0 bridgehead atoms. The number of likely N-dealkylation sites (tertiary alicyclic amines) is 1.